The maximum Gasteiger partial charge on any atom is 0.167 e. The largest absolute Gasteiger partial charge is 0.387 e. The van der Waals surface area contributed by atoms with Gasteiger partial charge in [-0.05, 0) is 25.7 Å². The minimum Gasteiger partial charge on any atom is -0.387 e. The lowest BCUT2D eigenvalue weighted by atomic mass is 9.84. The molecule has 104 valence electrons. The van der Waals surface area contributed by atoms with Crippen LogP contribution in [0.5, 0.6) is 0 Å². The van der Waals surface area contributed by atoms with Gasteiger partial charge in [0.05, 0.1) is 5.60 Å². The molecule has 0 aromatic carbocycles. The minimum absolute atomic E-state index is 0.0288. The van der Waals surface area contributed by atoms with Gasteiger partial charge in [-0.25, -0.2) is 4.98 Å². The van der Waals surface area contributed by atoms with Crippen LogP contribution < -0.4 is 5.73 Å². The van der Waals surface area contributed by atoms with Gasteiger partial charge in [-0.15, -0.1) is 0 Å². The molecule has 2 fully saturated rings. The molecule has 2 saturated heterocycles. The highest BCUT2D eigenvalue weighted by molar-refractivity contribution is 7.80. The molecule has 0 bridgehead atoms. The molecule has 0 aliphatic carbocycles. The van der Waals surface area contributed by atoms with Crippen LogP contribution in [0.3, 0.4) is 0 Å². The van der Waals surface area contributed by atoms with Crippen LogP contribution in [0.2, 0.25) is 0 Å². The Morgan fingerprint density at radius 3 is 2.95 bits per heavy atom. The molecule has 1 atom stereocenters. The lowest BCUT2D eigenvalue weighted by Gasteiger charge is -2.43. The van der Waals surface area contributed by atoms with Crippen LogP contribution in [0.25, 0.3) is 0 Å². The summed E-state index contributed by atoms with van der Waals surface area (Å²) in [6, 6.07) is 0.367. The first-order valence-electron chi connectivity index (χ1n) is 6.75. The Kier molecular flexibility index (Phi) is 3.56. The summed E-state index contributed by atoms with van der Waals surface area (Å²) in [4.78, 5) is 4.61. The zero-order valence-electron chi connectivity index (χ0n) is 10.9. The number of nitrogens with two attached hydrogens (primary N) is 1. The molecule has 6 heteroatoms. The van der Waals surface area contributed by atoms with Crippen LogP contribution >= 0.6 is 12.2 Å². The van der Waals surface area contributed by atoms with E-state index >= 15 is 0 Å². The molecule has 5 nitrogen and oxygen atoms in total. The molecule has 1 aromatic heterocycles. The van der Waals surface area contributed by atoms with Gasteiger partial charge in [0.15, 0.2) is 5.82 Å². The lowest BCUT2D eigenvalue weighted by Crippen LogP contribution is -2.45. The van der Waals surface area contributed by atoms with Gasteiger partial charge in [0, 0.05) is 38.3 Å². The van der Waals surface area contributed by atoms with Gasteiger partial charge in [-0.3, -0.25) is 0 Å². The molecule has 3 heterocycles. The second-order valence-corrected chi connectivity index (χ2v) is 5.75. The standard InChI is InChI=1S/C13H19N3O2S/c14-11(19)12-15-4-5-16(12)10-1-6-18-13(9-10)2-7-17-8-3-13/h4-5,10H,1-3,6-9H2,(H2,14,19). The smallest absolute Gasteiger partial charge is 0.167 e. The van der Waals surface area contributed by atoms with E-state index in [1.54, 1.807) is 6.20 Å². The Balaban J connectivity index is 1.81. The van der Waals surface area contributed by atoms with Gasteiger partial charge in [0.2, 0.25) is 0 Å². The fourth-order valence-corrected chi connectivity index (χ4v) is 3.29. The van der Waals surface area contributed by atoms with E-state index in [1.807, 2.05) is 6.20 Å². The van der Waals surface area contributed by atoms with Crippen molar-refractivity contribution in [2.45, 2.75) is 37.3 Å². The third kappa shape index (κ3) is 2.52. The number of nitrogens with zero attached hydrogens (tertiary/aromatic N) is 2. The number of hydrogen-bond donors (Lipinski definition) is 1. The quantitative estimate of drug-likeness (QED) is 0.831. The number of imidazole rings is 1. The summed E-state index contributed by atoms with van der Waals surface area (Å²) in [5.41, 5.74) is 5.70. The summed E-state index contributed by atoms with van der Waals surface area (Å²) in [7, 11) is 0. The Morgan fingerprint density at radius 1 is 1.42 bits per heavy atom. The summed E-state index contributed by atoms with van der Waals surface area (Å²) in [5.74, 6) is 0.712. The topological polar surface area (TPSA) is 62.3 Å². The molecule has 1 unspecified atom stereocenters. The number of rotatable bonds is 2. The molecular formula is C13H19N3O2S. The summed E-state index contributed by atoms with van der Waals surface area (Å²) in [6.45, 7) is 2.36. The number of ether oxygens (including phenoxy) is 2. The minimum atomic E-state index is -0.0288. The third-order valence-corrected chi connectivity index (χ3v) is 4.34. The summed E-state index contributed by atoms with van der Waals surface area (Å²) < 4.78 is 13.6. The molecule has 2 aliphatic rings. The predicted molar refractivity (Wildman–Crippen MR) is 75.1 cm³/mol. The highest BCUT2D eigenvalue weighted by Gasteiger charge is 2.39. The van der Waals surface area contributed by atoms with E-state index in [0.717, 1.165) is 45.5 Å². The highest BCUT2D eigenvalue weighted by Crippen LogP contribution is 2.39. The molecule has 0 amide bonds. The summed E-state index contributed by atoms with van der Waals surface area (Å²) >= 11 is 5.06. The van der Waals surface area contributed by atoms with Gasteiger partial charge < -0.3 is 19.8 Å². The average Bonchev–Trinajstić information content (AvgIpc) is 2.89. The summed E-state index contributed by atoms with van der Waals surface area (Å²) in [5, 5.41) is 0. The molecule has 3 rings (SSSR count). The van der Waals surface area contributed by atoms with Crippen molar-refractivity contribution >= 4 is 17.2 Å². The molecule has 1 spiro atoms. The number of thiocarbonyl (C=S) groups is 1. The fraction of sp³-hybridized carbons (Fsp3) is 0.692. The van der Waals surface area contributed by atoms with Crippen molar-refractivity contribution in [3.05, 3.63) is 18.2 Å². The first-order valence-corrected chi connectivity index (χ1v) is 7.15. The van der Waals surface area contributed by atoms with Crippen molar-refractivity contribution in [3.8, 4) is 0 Å². The third-order valence-electron chi connectivity index (χ3n) is 4.15. The molecule has 19 heavy (non-hydrogen) atoms. The monoisotopic (exact) mass is 281 g/mol. The zero-order valence-corrected chi connectivity index (χ0v) is 11.7. The average molecular weight is 281 g/mol. The van der Waals surface area contributed by atoms with Crippen LogP contribution in [0.15, 0.2) is 12.4 Å². The lowest BCUT2D eigenvalue weighted by molar-refractivity contribution is -0.144. The Morgan fingerprint density at radius 2 is 2.21 bits per heavy atom. The number of hydrogen-bond acceptors (Lipinski definition) is 4. The summed E-state index contributed by atoms with van der Waals surface area (Å²) in [6.07, 6.45) is 7.65. The first-order chi connectivity index (χ1) is 9.20. The maximum atomic E-state index is 6.06. The van der Waals surface area contributed by atoms with Crippen molar-refractivity contribution < 1.29 is 9.47 Å². The SMILES string of the molecule is NC(=S)c1nccn1C1CCOC2(CCOCC2)C1. The molecular weight excluding hydrogens is 262 g/mol. The van der Waals surface area contributed by atoms with Gasteiger partial charge in [0.25, 0.3) is 0 Å². The van der Waals surface area contributed by atoms with Crippen LogP contribution in [0.1, 0.15) is 37.5 Å². The molecule has 0 radical (unpaired) electrons. The molecule has 2 N–H and O–H groups in total. The van der Waals surface area contributed by atoms with Crippen molar-refractivity contribution in [3.63, 3.8) is 0 Å². The van der Waals surface area contributed by atoms with Crippen LogP contribution in [-0.4, -0.2) is 40.0 Å². The zero-order chi connectivity index (χ0) is 13.3. The second-order valence-electron chi connectivity index (χ2n) is 5.31. The predicted octanol–water partition coefficient (Wildman–Crippen LogP) is 1.42. The van der Waals surface area contributed by atoms with E-state index in [0.29, 0.717) is 16.9 Å². The van der Waals surface area contributed by atoms with Crippen LogP contribution in [0.4, 0.5) is 0 Å². The van der Waals surface area contributed by atoms with E-state index < -0.39 is 0 Å². The second kappa shape index (κ2) is 5.19. The van der Waals surface area contributed by atoms with Gasteiger partial charge >= 0.3 is 0 Å². The number of aromatic nitrogens is 2. The van der Waals surface area contributed by atoms with Crippen molar-refractivity contribution in [2.24, 2.45) is 5.73 Å². The van der Waals surface area contributed by atoms with Gasteiger partial charge in [-0.2, -0.15) is 0 Å². The molecule has 0 saturated carbocycles. The molecule has 2 aliphatic heterocycles. The van der Waals surface area contributed by atoms with Gasteiger partial charge in [0.1, 0.15) is 4.99 Å². The van der Waals surface area contributed by atoms with E-state index in [-0.39, 0.29) is 5.60 Å². The molecule has 1 aromatic rings. The Labute approximate surface area is 118 Å². The van der Waals surface area contributed by atoms with Crippen molar-refractivity contribution in [1.82, 2.24) is 9.55 Å². The van der Waals surface area contributed by atoms with Crippen molar-refractivity contribution in [2.75, 3.05) is 19.8 Å². The van der Waals surface area contributed by atoms with E-state index in [2.05, 4.69) is 9.55 Å². The van der Waals surface area contributed by atoms with E-state index in [9.17, 15) is 0 Å². The highest BCUT2D eigenvalue weighted by atomic mass is 32.1. The maximum absolute atomic E-state index is 6.06. The normalized spacial score (nSPS) is 26.4. The van der Waals surface area contributed by atoms with Gasteiger partial charge in [-0.1, -0.05) is 12.2 Å². The fourth-order valence-electron chi connectivity index (χ4n) is 3.13. The van der Waals surface area contributed by atoms with Crippen molar-refractivity contribution in [1.29, 1.82) is 0 Å². The Hall–Kier alpha value is -0.980. The first kappa shape index (κ1) is 13.0. The van der Waals surface area contributed by atoms with E-state index in [4.69, 9.17) is 27.4 Å². The Bertz CT molecular complexity index is 463. The van der Waals surface area contributed by atoms with Crippen LogP contribution in [-0.2, 0) is 9.47 Å². The van der Waals surface area contributed by atoms with E-state index in [1.165, 1.54) is 0 Å². The van der Waals surface area contributed by atoms with Crippen LogP contribution in [0, 0.1) is 0 Å².